The molecule has 0 saturated carbocycles. The third-order valence-corrected chi connectivity index (χ3v) is 7.59. The maximum Gasteiger partial charge on any atom is 4.00 e. The molecule has 0 unspecified atom stereocenters. The minimum absolute atomic E-state index is 0. The molecule has 0 atom stereocenters. The Balaban J connectivity index is 0.000000681. The van der Waals surface area contributed by atoms with Crippen LogP contribution in [0.4, 0.5) is 17.6 Å². The standard InChI is InChI=1S/2C13H15ClF2NO.2C5H5.Ti/c2*1-13(2,8-14)12(18)17-6-5-9-3-4-10(15)7-11(9)16;2*1-2-4-5-3-1;/h2*3-4H,5-6,8H2,1-2H3,(H,17,18);2*1-5H;/q4*-1;+4. The van der Waals surface area contributed by atoms with Crippen molar-refractivity contribution in [3.05, 3.63) is 131 Å². The average Bonchev–Trinajstić information content (AvgIpc) is 3.80. The van der Waals surface area contributed by atoms with Gasteiger partial charge in [0.25, 0.3) is 0 Å². The molecule has 4 nitrogen and oxygen atoms in total. The largest absolute Gasteiger partial charge is 4.00 e. The number of hydrogen-bond acceptors (Lipinski definition) is 2. The molecule has 11 heteroatoms. The van der Waals surface area contributed by atoms with E-state index in [0.29, 0.717) is 11.1 Å². The Kier molecular flexibility index (Phi) is 22.0. The van der Waals surface area contributed by atoms with E-state index >= 15 is 0 Å². The van der Waals surface area contributed by atoms with E-state index in [4.69, 9.17) is 23.2 Å². The molecule has 2 amide bonds. The number of carbonyl (C=O) groups excluding carboxylic acids is 2. The third-order valence-electron chi connectivity index (χ3n) is 6.25. The van der Waals surface area contributed by atoms with Crippen LogP contribution >= 0.6 is 23.2 Å². The van der Waals surface area contributed by atoms with E-state index in [1.807, 2.05) is 72.8 Å². The van der Waals surface area contributed by atoms with Gasteiger partial charge in [0.15, 0.2) is 0 Å². The Labute approximate surface area is 300 Å². The van der Waals surface area contributed by atoms with Crippen LogP contribution in [0.1, 0.15) is 38.8 Å². The number of hydrogen-bond donors (Lipinski definition) is 2. The molecule has 2 N–H and O–H groups in total. The first-order chi connectivity index (χ1) is 21.7. The Bertz CT molecular complexity index is 1270. The summed E-state index contributed by atoms with van der Waals surface area (Å²) < 4.78 is 51.7. The fourth-order valence-electron chi connectivity index (χ4n) is 3.20. The van der Waals surface area contributed by atoms with Crippen LogP contribution in [0.2, 0.25) is 0 Å². The molecule has 0 fully saturated rings. The van der Waals surface area contributed by atoms with Crippen molar-refractivity contribution < 1.29 is 48.9 Å². The van der Waals surface area contributed by atoms with Crippen LogP contribution in [0.5, 0.6) is 0 Å². The summed E-state index contributed by atoms with van der Waals surface area (Å²) in [5.74, 6) is -2.88. The molecular weight excluding hydrogens is 687 g/mol. The first-order valence-electron chi connectivity index (χ1n) is 14.5. The summed E-state index contributed by atoms with van der Waals surface area (Å²) in [7, 11) is 0. The molecule has 252 valence electrons. The van der Waals surface area contributed by atoms with E-state index in [1.165, 1.54) is 12.1 Å². The first kappa shape index (κ1) is 44.1. The summed E-state index contributed by atoms with van der Waals surface area (Å²) in [5.41, 5.74) is -0.676. The molecule has 0 saturated heterocycles. The van der Waals surface area contributed by atoms with Crippen molar-refractivity contribution in [1.29, 1.82) is 0 Å². The predicted octanol–water partition coefficient (Wildman–Crippen LogP) is 8.19. The fraction of sp³-hybridized carbons (Fsp3) is 0.333. The summed E-state index contributed by atoms with van der Waals surface area (Å²) in [6.45, 7) is 7.44. The number of benzene rings is 2. The van der Waals surface area contributed by atoms with E-state index in [-0.39, 0.29) is 71.2 Å². The van der Waals surface area contributed by atoms with E-state index in [1.54, 1.807) is 27.7 Å². The van der Waals surface area contributed by atoms with Gasteiger partial charge in [0, 0.05) is 48.1 Å². The minimum Gasteiger partial charge on any atom is -0.356 e. The second-order valence-corrected chi connectivity index (χ2v) is 11.8. The van der Waals surface area contributed by atoms with Gasteiger partial charge in [-0.15, -0.1) is 58.6 Å². The van der Waals surface area contributed by atoms with Crippen molar-refractivity contribution in [2.75, 3.05) is 24.8 Å². The number of alkyl halides is 2. The van der Waals surface area contributed by atoms with Gasteiger partial charge < -0.3 is 10.6 Å². The Morgan fingerprint density at radius 1 is 0.660 bits per heavy atom. The molecule has 4 aromatic rings. The molecule has 4 aromatic carbocycles. The molecule has 47 heavy (non-hydrogen) atoms. The number of amides is 2. The van der Waals surface area contributed by atoms with Crippen LogP contribution in [0.15, 0.2) is 84.9 Å². The molecule has 0 aliphatic rings. The Morgan fingerprint density at radius 2 is 0.979 bits per heavy atom. The molecule has 4 rings (SSSR count). The van der Waals surface area contributed by atoms with Crippen LogP contribution in [0.3, 0.4) is 0 Å². The van der Waals surface area contributed by atoms with Gasteiger partial charge in [0.2, 0.25) is 11.8 Å². The average molecular weight is 727 g/mol. The van der Waals surface area contributed by atoms with Crippen molar-refractivity contribution in [3.63, 3.8) is 0 Å². The second-order valence-electron chi connectivity index (χ2n) is 11.3. The number of carbonyl (C=O) groups is 2. The van der Waals surface area contributed by atoms with Gasteiger partial charge in [0.1, 0.15) is 0 Å². The monoisotopic (exact) mass is 726 g/mol. The van der Waals surface area contributed by atoms with Crippen molar-refractivity contribution in [2.24, 2.45) is 10.8 Å². The fourth-order valence-corrected chi connectivity index (χ4v) is 3.44. The van der Waals surface area contributed by atoms with Gasteiger partial charge in [0.05, 0.1) is 10.8 Å². The zero-order valence-corrected chi connectivity index (χ0v) is 30.0. The topological polar surface area (TPSA) is 58.2 Å². The molecule has 0 bridgehead atoms. The smallest absolute Gasteiger partial charge is 0.356 e. The molecule has 0 aliphatic carbocycles. The van der Waals surface area contributed by atoms with Gasteiger partial charge in [-0.1, -0.05) is 12.8 Å². The molecule has 0 heterocycles. The summed E-state index contributed by atoms with van der Waals surface area (Å²) in [6, 6.07) is 28.9. The van der Waals surface area contributed by atoms with Crippen molar-refractivity contribution >= 4 is 35.0 Å². The molecule has 0 aromatic heterocycles. The van der Waals surface area contributed by atoms with Gasteiger partial charge in [-0.05, 0) is 27.7 Å². The summed E-state index contributed by atoms with van der Waals surface area (Å²) in [6.07, 6.45) is 0.569. The zero-order valence-electron chi connectivity index (χ0n) is 26.9. The van der Waals surface area contributed by atoms with Gasteiger partial charge in [-0.25, -0.2) is 41.8 Å². The van der Waals surface area contributed by atoms with Crippen LogP contribution in [-0.2, 0) is 44.1 Å². The molecule has 0 spiro atoms. The number of nitrogens with one attached hydrogen (secondary N) is 2. The number of rotatable bonds is 10. The van der Waals surface area contributed by atoms with Gasteiger partial charge in [-0.2, -0.15) is 48.5 Å². The second kappa shape index (κ2) is 23.4. The van der Waals surface area contributed by atoms with Gasteiger partial charge in [-0.3, -0.25) is 9.59 Å². The van der Waals surface area contributed by atoms with Gasteiger partial charge >= 0.3 is 21.7 Å². The summed E-state index contributed by atoms with van der Waals surface area (Å²) >= 11 is 11.3. The maximum atomic E-state index is 13.2. The molecule has 0 radical (unpaired) electrons. The third kappa shape index (κ3) is 18.3. The predicted molar refractivity (Wildman–Crippen MR) is 177 cm³/mol. The zero-order chi connectivity index (χ0) is 34.6. The van der Waals surface area contributed by atoms with Crippen molar-refractivity contribution in [2.45, 2.75) is 40.5 Å². The minimum atomic E-state index is -0.733. The Hall–Kier alpha value is -2.91. The number of halogens is 6. The quantitative estimate of drug-likeness (QED) is 0.0750. The van der Waals surface area contributed by atoms with Crippen LogP contribution in [0.25, 0.3) is 0 Å². The van der Waals surface area contributed by atoms with Crippen LogP contribution < -0.4 is 10.6 Å². The molecule has 0 aliphatic heterocycles. The Morgan fingerprint density at radius 3 is 1.21 bits per heavy atom. The SMILES string of the molecule is CC(C)(CCl)C(=O)NCCc1ccc(F)[c-]c1F.CC(C)(CCl)C(=O)NCCc1ccc(F)[c-]c1F.[Ti+4].c1cc[cH-]c1.c1cc[cH-]c1. The van der Waals surface area contributed by atoms with E-state index in [2.05, 4.69) is 10.6 Å². The van der Waals surface area contributed by atoms with E-state index in [9.17, 15) is 27.2 Å². The van der Waals surface area contributed by atoms with Crippen molar-refractivity contribution in [3.8, 4) is 0 Å². The van der Waals surface area contributed by atoms with Crippen LogP contribution in [0, 0.1) is 46.2 Å². The normalized spacial score (nSPS) is 10.4. The summed E-state index contributed by atoms with van der Waals surface area (Å²) in [5, 5.41) is 5.33. The molecular formula is C36H40Cl2F4N2O2Ti. The first-order valence-corrected chi connectivity index (χ1v) is 15.5. The van der Waals surface area contributed by atoms with E-state index in [0.717, 1.165) is 12.1 Å². The van der Waals surface area contributed by atoms with Crippen LogP contribution in [-0.4, -0.2) is 36.7 Å². The van der Waals surface area contributed by atoms with Crippen molar-refractivity contribution in [1.82, 2.24) is 10.6 Å². The van der Waals surface area contributed by atoms with E-state index < -0.39 is 34.1 Å². The summed E-state index contributed by atoms with van der Waals surface area (Å²) in [4.78, 5) is 23.3. The maximum absolute atomic E-state index is 13.2.